The maximum absolute atomic E-state index is 13.2. The third-order valence-corrected chi connectivity index (χ3v) is 6.88. The Morgan fingerprint density at radius 3 is 2.44 bits per heavy atom. The molecular formula is C28H23BrN2O3. The highest BCUT2D eigenvalue weighted by molar-refractivity contribution is 9.10. The summed E-state index contributed by atoms with van der Waals surface area (Å²) in [6.45, 7) is 2.30. The number of hydrogen-bond acceptors (Lipinski definition) is 3. The van der Waals surface area contributed by atoms with E-state index in [4.69, 9.17) is 0 Å². The van der Waals surface area contributed by atoms with Gasteiger partial charge in [0.15, 0.2) is 0 Å². The van der Waals surface area contributed by atoms with Crippen molar-refractivity contribution in [3.63, 3.8) is 0 Å². The number of hydrogen-bond donors (Lipinski definition) is 2. The molecule has 34 heavy (non-hydrogen) atoms. The summed E-state index contributed by atoms with van der Waals surface area (Å²) in [6.07, 6.45) is 2.52. The summed E-state index contributed by atoms with van der Waals surface area (Å²) < 4.78 is 0.894. The van der Waals surface area contributed by atoms with Crippen molar-refractivity contribution in [1.29, 1.82) is 0 Å². The molecular weight excluding hydrogens is 492 g/mol. The molecule has 3 aromatic carbocycles. The van der Waals surface area contributed by atoms with Crippen LogP contribution in [0.1, 0.15) is 28.3 Å². The van der Waals surface area contributed by atoms with Gasteiger partial charge in [0.2, 0.25) is 0 Å². The number of aliphatic hydroxyl groups excluding tert-OH is 1. The van der Waals surface area contributed by atoms with Gasteiger partial charge in [-0.15, -0.1) is 0 Å². The lowest BCUT2D eigenvalue weighted by Gasteiger charge is -2.25. The monoisotopic (exact) mass is 514 g/mol. The van der Waals surface area contributed by atoms with Gasteiger partial charge >= 0.3 is 0 Å². The van der Waals surface area contributed by atoms with E-state index in [0.717, 1.165) is 32.1 Å². The zero-order valence-corrected chi connectivity index (χ0v) is 20.2. The van der Waals surface area contributed by atoms with E-state index in [1.165, 1.54) is 0 Å². The van der Waals surface area contributed by atoms with Crippen LogP contribution in [0.15, 0.2) is 89.0 Å². The van der Waals surface area contributed by atoms with Crippen LogP contribution in [-0.4, -0.2) is 33.2 Å². The molecule has 170 valence electrons. The SMILES string of the molecule is Cc1ccc(C(O)=C2C(=O)C(=O)N(CCc3c[nH]c4ccccc34)[C@H]2c2ccc(Br)cc2)cc1. The van der Waals surface area contributed by atoms with Gasteiger partial charge in [-0.1, -0.05) is 76.1 Å². The molecule has 2 N–H and O–H groups in total. The first-order chi connectivity index (χ1) is 16.4. The van der Waals surface area contributed by atoms with Gasteiger partial charge in [-0.3, -0.25) is 9.59 Å². The van der Waals surface area contributed by atoms with Gasteiger partial charge < -0.3 is 15.0 Å². The predicted molar refractivity (Wildman–Crippen MR) is 136 cm³/mol. The van der Waals surface area contributed by atoms with Crippen molar-refractivity contribution in [2.75, 3.05) is 6.54 Å². The van der Waals surface area contributed by atoms with E-state index in [2.05, 4.69) is 20.9 Å². The summed E-state index contributed by atoms with van der Waals surface area (Å²) in [4.78, 5) is 31.2. The van der Waals surface area contributed by atoms with Crippen molar-refractivity contribution in [2.24, 2.45) is 0 Å². The number of aromatic nitrogens is 1. The summed E-state index contributed by atoms with van der Waals surface area (Å²) >= 11 is 3.45. The van der Waals surface area contributed by atoms with Crippen LogP contribution in [0.25, 0.3) is 16.7 Å². The van der Waals surface area contributed by atoms with Crippen LogP contribution >= 0.6 is 15.9 Å². The van der Waals surface area contributed by atoms with E-state index in [1.54, 1.807) is 17.0 Å². The van der Waals surface area contributed by atoms with Gasteiger partial charge in [0.25, 0.3) is 11.7 Å². The third kappa shape index (κ3) is 3.94. The Morgan fingerprint density at radius 1 is 1.00 bits per heavy atom. The molecule has 1 aliphatic rings. The summed E-state index contributed by atoms with van der Waals surface area (Å²) in [7, 11) is 0. The maximum atomic E-state index is 13.2. The number of fused-ring (bicyclic) bond motifs is 1. The summed E-state index contributed by atoms with van der Waals surface area (Å²) in [5.74, 6) is -1.41. The number of amides is 1. The van der Waals surface area contributed by atoms with Crippen LogP contribution in [0, 0.1) is 6.92 Å². The number of carbonyl (C=O) groups is 2. The molecule has 0 saturated carbocycles. The fraction of sp³-hybridized carbons (Fsp3) is 0.143. The van der Waals surface area contributed by atoms with Gasteiger partial charge in [0.1, 0.15) is 5.76 Å². The molecule has 1 saturated heterocycles. The Balaban J connectivity index is 1.56. The number of nitrogens with zero attached hydrogens (tertiary/aromatic N) is 1. The first-order valence-corrected chi connectivity index (χ1v) is 11.9. The number of nitrogens with one attached hydrogen (secondary N) is 1. The van der Waals surface area contributed by atoms with E-state index in [0.29, 0.717) is 18.5 Å². The second kappa shape index (κ2) is 8.95. The molecule has 5 nitrogen and oxygen atoms in total. The van der Waals surface area contributed by atoms with Crippen LogP contribution in [0.4, 0.5) is 0 Å². The topological polar surface area (TPSA) is 73.4 Å². The number of likely N-dealkylation sites (tertiary alicyclic amines) is 1. The van der Waals surface area contributed by atoms with Crippen LogP contribution in [0.2, 0.25) is 0 Å². The Kier molecular flexibility index (Phi) is 5.84. The Morgan fingerprint density at radius 2 is 1.71 bits per heavy atom. The fourth-order valence-electron chi connectivity index (χ4n) is 4.55. The van der Waals surface area contributed by atoms with E-state index in [9.17, 15) is 14.7 Å². The first-order valence-electron chi connectivity index (χ1n) is 11.1. The zero-order valence-electron chi connectivity index (χ0n) is 18.6. The molecule has 0 unspecified atom stereocenters. The molecule has 5 rings (SSSR count). The number of rotatable bonds is 5. The minimum Gasteiger partial charge on any atom is -0.507 e. The second-order valence-corrected chi connectivity index (χ2v) is 9.44. The molecule has 0 bridgehead atoms. The summed E-state index contributed by atoms with van der Waals surface area (Å²) in [5, 5.41) is 12.3. The van der Waals surface area contributed by atoms with Crippen molar-refractivity contribution < 1.29 is 14.7 Å². The molecule has 0 spiro atoms. The predicted octanol–water partition coefficient (Wildman–Crippen LogP) is 5.90. The molecule has 4 aromatic rings. The van der Waals surface area contributed by atoms with E-state index in [1.807, 2.05) is 73.8 Å². The molecule has 2 heterocycles. The van der Waals surface area contributed by atoms with Crippen LogP contribution < -0.4 is 0 Å². The summed E-state index contributed by atoms with van der Waals surface area (Å²) in [5.41, 5.74) is 4.56. The number of Topliss-reactive ketones (excluding diaryl/α,β-unsaturated/α-hetero) is 1. The number of aryl methyl sites for hydroxylation is 1. The Hall–Kier alpha value is -3.64. The second-order valence-electron chi connectivity index (χ2n) is 8.52. The zero-order chi connectivity index (χ0) is 23.8. The average molecular weight is 515 g/mol. The number of para-hydroxylation sites is 1. The number of benzene rings is 3. The fourth-order valence-corrected chi connectivity index (χ4v) is 4.81. The van der Waals surface area contributed by atoms with Crippen molar-refractivity contribution in [3.05, 3.63) is 111 Å². The van der Waals surface area contributed by atoms with Gasteiger partial charge in [0.05, 0.1) is 11.6 Å². The van der Waals surface area contributed by atoms with E-state index < -0.39 is 17.7 Å². The largest absolute Gasteiger partial charge is 0.507 e. The quantitative estimate of drug-likeness (QED) is 0.197. The minimum absolute atomic E-state index is 0.120. The van der Waals surface area contributed by atoms with Gasteiger partial charge in [-0.05, 0) is 42.7 Å². The lowest BCUT2D eigenvalue weighted by atomic mass is 9.95. The smallest absolute Gasteiger partial charge is 0.295 e. The highest BCUT2D eigenvalue weighted by Gasteiger charge is 2.45. The van der Waals surface area contributed by atoms with Crippen molar-refractivity contribution >= 4 is 44.3 Å². The van der Waals surface area contributed by atoms with Gasteiger partial charge in [-0.25, -0.2) is 0 Å². The lowest BCUT2D eigenvalue weighted by Crippen LogP contribution is -2.31. The van der Waals surface area contributed by atoms with E-state index >= 15 is 0 Å². The third-order valence-electron chi connectivity index (χ3n) is 6.35. The van der Waals surface area contributed by atoms with Crippen molar-refractivity contribution in [1.82, 2.24) is 9.88 Å². The minimum atomic E-state index is -0.667. The van der Waals surface area contributed by atoms with Crippen LogP contribution in [0.5, 0.6) is 0 Å². The number of aromatic amines is 1. The first kappa shape index (κ1) is 22.2. The highest BCUT2D eigenvalue weighted by atomic mass is 79.9. The van der Waals surface area contributed by atoms with Gasteiger partial charge in [-0.2, -0.15) is 0 Å². The molecule has 1 amide bonds. The Labute approximate surface area is 205 Å². The Bertz CT molecular complexity index is 1420. The van der Waals surface area contributed by atoms with E-state index in [-0.39, 0.29) is 11.3 Å². The average Bonchev–Trinajstić information content (AvgIpc) is 3.37. The number of H-pyrrole nitrogens is 1. The molecule has 0 aliphatic carbocycles. The van der Waals surface area contributed by atoms with Gasteiger partial charge in [0, 0.05) is 33.7 Å². The molecule has 1 aromatic heterocycles. The molecule has 1 aliphatic heterocycles. The number of halogens is 1. The maximum Gasteiger partial charge on any atom is 0.295 e. The van der Waals surface area contributed by atoms with Crippen LogP contribution in [0.3, 0.4) is 0 Å². The highest BCUT2D eigenvalue weighted by Crippen LogP contribution is 2.40. The number of carbonyl (C=O) groups excluding carboxylic acids is 2. The number of ketones is 1. The molecule has 1 atom stereocenters. The van der Waals surface area contributed by atoms with Crippen molar-refractivity contribution in [2.45, 2.75) is 19.4 Å². The number of aliphatic hydroxyl groups is 1. The molecule has 0 radical (unpaired) electrons. The lowest BCUT2D eigenvalue weighted by molar-refractivity contribution is -0.139. The normalized spacial score (nSPS) is 17.6. The molecule has 1 fully saturated rings. The standard InChI is InChI=1S/C28H23BrN2O3/c1-17-6-8-19(9-7-17)26(32)24-25(18-10-12-21(29)13-11-18)31(28(34)27(24)33)15-14-20-16-30-23-5-3-2-4-22(20)23/h2-13,16,25,30,32H,14-15H2,1H3/t25-/m0/s1. The van der Waals surface area contributed by atoms with Crippen molar-refractivity contribution in [3.8, 4) is 0 Å². The molecule has 6 heteroatoms. The summed E-state index contributed by atoms with van der Waals surface area (Å²) in [6, 6.07) is 22.1. The van der Waals surface area contributed by atoms with Crippen LogP contribution in [-0.2, 0) is 16.0 Å².